The van der Waals surface area contributed by atoms with Crippen LogP contribution in [0.3, 0.4) is 0 Å². The van der Waals surface area contributed by atoms with Gasteiger partial charge in [-0.2, -0.15) is 0 Å². The fourth-order valence-corrected chi connectivity index (χ4v) is 4.13. The average molecular weight is 420 g/mol. The predicted molar refractivity (Wildman–Crippen MR) is 101 cm³/mol. The number of hydrogen-bond donors (Lipinski definition) is 4. The van der Waals surface area contributed by atoms with Gasteiger partial charge >= 0.3 is 17.7 Å². The Balaban J connectivity index is 1.60. The van der Waals surface area contributed by atoms with Crippen molar-refractivity contribution in [3.63, 3.8) is 0 Å². The Morgan fingerprint density at radius 1 is 1.21 bits per heavy atom. The van der Waals surface area contributed by atoms with Gasteiger partial charge in [0.2, 0.25) is 0 Å². The number of ether oxygens (including phenoxy) is 2. The largest absolute Gasteiger partial charge is 0.475 e. The van der Waals surface area contributed by atoms with Crippen molar-refractivity contribution >= 4 is 23.5 Å². The fraction of sp³-hybridized carbons (Fsp3) is 0.300. The van der Waals surface area contributed by atoms with Crippen molar-refractivity contribution < 1.29 is 34.4 Å². The lowest BCUT2D eigenvalue weighted by Gasteiger charge is -2.20. The van der Waals surface area contributed by atoms with Crippen molar-refractivity contribution in [2.45, 2.75) is 30.8 Å². The second-order valence-corrected chi connectivity index (χ2v) is 7.62. The first-order valence-corrected chi connectivity index (χ1v) is 9.30. The van der Waals surface area contributed by atoms with Crippen LogP contribution < -0.4 is 15.2 Å². The Morgan fingerprint density at radius 2 is 1.93 bits per heavy atom. The van der Waals surface area contributed by atoms with Crippen molar-refractivity contribution in [2.75, 3.05) is 0 Å². The van der Waals surface area contributed by atoms with Crippen LogP contribution in [0.15, 0.2) is 36.4 Å². The molecule has 0 aromatic heterocycles. The van der Waals surface area contributed by atoms with Crippen LogP contribution in [0, 0.1) is 5.92 Å². The molecule has 2 aromatic rings. The van der Waals surface area contributed by atoms with Crippen molar-refractivity contribution in [1.82, 2.24) is 0 Å². The van der Waals surface area contributed by atoms with E-state index in [0.29, 0.717) is 34.6 Å². The highest BCUT2D eigenvalue weighted by Crippen LogP contribution is 2.50. The number of benzene rings is 2. The van der Waals surface area contributed by atoms with E-state index in [-0.39, 0.29) is 17.4 Å². The van der Waals surface area contributed by atoms with Crippen LogP contribution in [-0.2, 0) is 16.0 Å². The van der Waals surface area contributed by atoms with Gasteiger partial charge in [0, 0.05) is 16.6 Å². The Bertz CT molecular complexity index is 994. The molecule has 29 heavy (non-hydrogen) atoms. The summed E-state index contributed by atoms with van der Waals surface area (Å²) in [5.74, 6) is -6.40. The number of hydrogen-bond acceptors (Lipinski definition) is 6. The second-order valence-electron chi connectivity index (χ2n) is 7.19. The molecule has 2 aliphatic rings. The van der Waals surface area contributed by atoms with Gasteiger partial charge in [-0.25, -0.2) is 9.59 Å². The molecule has 0 amide bonds. The smallest absolute Gasteiger partial charge is 0.453 e. The van der Waals surface area contributed by atoms with Gasteiger partial charge in [0.25, 0.3) is 0 Å². The summed E-state index contributed by atoms with van der Waals surface area (Å²) in [6, 6.07) is 9.62. The molecular formula is C20H18ClNO7. The first-order valence-electron chi connectivity index (χ1n) is 8.92. The lowest BCUT2D eigenvalue weighted by molar-refractivity contribution is -0.194. The zero-order chi connectivity index (χ0) is 20.9. The molecule has 0 spiro atoms. The Morgan fingerprint density at radius 3 is 2.59 bits per heavy atom. The molecule has 1 aliphatic heterocycles. The molecule has 9 heteroatoms. The molecule has 3 atom stereocenters. The van der Waals surface area contributed by atoms with Crippen molar-refractivity contribution in [2.24, 2.45) is 11.7 Å². The molecule has 8 nitrogen and oxygen atoms in total. The highest BCUT2D eigenvalue weighted by molar-refractivity contribution is 6.30. The Kier molecular flexibility index (Phi) is 4.65. The molecule has 4 rings (SSSR count). The van der Waals surface area contributed by atoms with Gasteiger partial charge in [0.05, 0.1) is 6.10 Å². The van der Waals surface area contributed by atoms with Gasteiger partial charge < -0.3 is 30.5 Å². The minimum Gasteiger partial charge on any atom is -0.475 e. The first-order chi connectivity index (χ1) is 13.7. The molecule has 0 saturated carbocycles. The molecular weight excluding hydrogens is 402 g/mol. The summed E-state index contributed by atoms with van der Waals surface area (Å²) in [6.07, 6.45) is -0.0634. The Labute approximate surface area is 170 Å². The van der Waals surface area contributed by atoms with Crippen LogP contribution in [0.1, 0.15) is 35.3 Å². The molecule has 0 radical (unpaired) electrons. The van der Waals surface area contributed by atoms with E-state index in [1.54, 1.807) is 30.3 Å². The SMILES string of the molecule is NC1c2ccc3c(c2CC1CC(O)c1cccc(Cl)c1)OC(C(=O)O)(C(=O)O)O3. The lowest BCUT2D eigenvalue weighted by Crippen LogP contribution is -2.54. The number of carboxylic acids is 2. The van der Waals surface area contributed by atoms with Gasteiger partial charge in [-0.3, -0.25) is 0 Å². The number of carboxylic acid groups (broad SMARTS) is 2. The topological polar surface area (TPSA) is 139 Å². The molecule has 0 fully saturated rings. The van der Waals surface area contributed by atoms with E-state index in [0.717, 1.165) is 0 Å². The van der Waals surface area contributed by atoms with Crippen LogP contribution in [-0.4, -0.2) is 33.0 Å². The second kappa shape index (κ2) is 6.91. The summed E-state index contributed by atoms with van der Waals surface area (Å²) in [5, 5.41) is 29.8. The van der Waals surface area contributed by atoms with Crippen LogP contribution in [0.4, 0.5) is 0 Å². The number of carbonyl (C=O) groups is 2. The van der Waals surface area contributed by atoms with E-state index < -0.39 is 29.9 Å². The van der Waals surface area contributed by atoms with Gasteiger partial charge in [-0.05, 0) is 48.1 Å². The third kappa shape index (κ3) is 3.09. The molecule has 1 heterocycles. The van der Waals surface area contributed by atoms with Gasteiger partial charge in [0.15, 0.2) is 11.5 Å². The minimum absolute atomic E-state index is 0.0387. The number of halogens is 1. The van der Waals surface area contributed by atoms with Crippen LogP contribution in [0.5, 0.6) is 11.5 Å². The summed E-state index contributed by atoms with van der Waals surface area (Å²) in [7, 11) is 0. The molecule has 1 aliphatic carbocycles. The minimum atomic E-state index is -2.82. The van der Waals surface area contributed by atoms with Crippen LogP contribution in [0.2, 0.25) is 5.02 Å². The number of aliphatic carboxylic acids is 2. The van der Waals surface area contributed by atoms with Crippen molar-refractivity contribution in [1.29, 1.82) is 0 Å². The van der Waals surface area contributed by atoms with E-state index in [1.807, 2.05) is 0 Å². The van der Waals surface area contributed by atoms with E-state index in [4.69, 9.17) is 26.8 Å². The average Bonchev–Trinajstić information content (AvgIpc) is 3.21. The van der Waals surface area contributed by atoms with Gasteiger partial charge in [-0.1, -0.05) is 29.8 Å². The normalized spacial score (nSPS) is 22.2. The monoisotopic (exact) mass is 419 g/mol. The standard InChI is InChI=1S/C20H18ClNO7/c21-11-3-1-2-9(6-11)14(23)8-10-7-13-12(16(10)22)4-5-15-17(13)29-20(28-15,18(24)25)19(26)27/h1-6,10,14,16,23H,7-8,22H2,(H,24,25)(H,26,27). The molecule has 3 unspecified atom stereocenters. The highest BCUT2D eigenvalue weighted by Gasteiger charge is 2.58. The van der Waals surface area contributed by atoms with Crippen molar-refractivity contribution in [3.8, 4) is 11.5 Å². The summed E-state index contributed by atoms with van der Waals surface area (Å²) in [5.41, 5.74) is 8.34. The maximum Gasteiger partial charge on any atom is 0.453 e. The molecule has 152 valence electrons. The van der Waals surface area contributed by atoms with E-state index >= 15 is 0 Å². The third-order valence-corrected chi connectivity index (χ3v) is 5.65. The molecule has 0 bridgehead atoms. The summed E-state index contributed by atoms with van der Waals surface area (Å²) in [6.45, 7) is 0. The quantitative estimate of drug-likeness (QED) is 0.541. The molecule has 5 N–H and O–H groups in total. The molecule has 2 aromatic carbocycles. The summed E-state index contributed by atoms with van der Waals surface area (Å²) < 4.78 is 10.5. The van der Waals surface area contributed by atoms with E-state index in [2.05, 4.69) is 0 Å². The number of aliphatic hydroxyl groups excluding tert-OH is 1. The Hall–Kier alpha value is -2.81. The summed E-state index contributed by atoms with van der Waals surface area (Å²) in [4.78, 5) is 23.0. The molecule has 0 saturated heterocycles. The summed E-state index contributed by atoms with van der Waals surface area (Å²) >= 11 is 5.99. The van der Waals surface area contributed by atoms with E-state index in [9.17, 15) is 24.9 Å². The number of aliphatic hydroxyl groups is 1. The zero-order valence-electron chi connectivity index (χ0n) is 15.0. The van der Waals surface area contributed by atoms with Gasteiger partial charge in [0.1, 0.15) is 0 Å². The van der Waals surface area contributed by atoms with Gasteiger partial charge in [-0.15, -0.1) is 0 Å². The lowest BCUT2D eigenvalue weighted by atomic mass is 9.92. The maximum absolute atomic E-state index is 11.5. The van der Waals surface area contributed by atoms with Crippen LogP contribution in [0.25, 0.3) is 0 Å². The number of fused-ring (bicyclic) bond motifs is 3. The van der Waals surface area contributed by atoms with E-state index in [1.165, 1.54) is 6.07 Å². The predicted octanol–water partition coefficient (Wildman–Crippen LogP) is 2.27. The third-order valence-electron chi connectivity index (χ3n) is 5.42. The number of rotatable bonds is 5. The highest BCUT2D eigenvalue weighted by atomic mass is 35.5. The fourth-order valence-electron chi connectivity index (χ4n) is 3.93. The zero-order valence-corrected chi connectivity index (χ0v) is 15.8. The first kappa shape index (κ1) is 19.5. The van der Waals surface area contributed by atoms with Crippen molar-refractivity contribution in [3.05, 3.63) is 58.1 Å². The van der Waals surface area contributed by atoms with Crippen LogP contribution >= 0.6 is 11.6 Å². The maximum atomic E-state index is 11.5. The number of nitrogens with two attached hydrogens (primary N) is 1.